The summed E-state index contributed by atoms with van der Waals surface area (Å²) in [4.78, 5) is 58.7. The second-order valence-electron chi connectivity index (χ2n) is 17.3. The molecule has 0 unspecified atom stereocenters. The number of hydrogen-bond donors (Lipinski definition) is 4. The molecule has 0 radical (unpaired) electrons. The predicted octanol–water partition coefficient (Wildman–Crippen LogP) is 6.53. The Labute approximate surface area is 383 Å². The summed E-state index contributed by atoms with van der Waals surface area (Å²) in [6.45, 7) is 7.16. The van der Waals surface area contributed by atoms with Crippen molar-refractivity contribution in [3.05, 3.63) is 112 Å². The molecule has 3 saturated heterocycles. The van der Waals surface area contributed by atoms with Gasteiger partial charge < -0.3 is 30.9 Å². The Balaban J connectivity index is 0.786. The number of alkyl halides is 3. The fourth-order valence-corrected chi connectivity index (χ4v) is 9.40. The molecule has 5 aromatic rings. The van der Waals surface area contributed by atoms with Gasteiger partial charge >= 0.3 is 12.2 Å². The van der Waals surface area contributed by atoms with Crippen LogP contribution >= 0.6 is 0 Å². The minimum Gasteiger partial charge on any atom is -0.496 e. The zero-order valence-electron chi connectivity index (χ0n) is 36.8. The van der Waals surface area contributed by atoms with Gasteiger partial charge in [0.15, 0.2) is 0 Å². The number of primary amides is 1. The lowest BCUT2D eigenvalue weighted by Crippen LogP contribution is -2.49. The second kappa shape index (κ2) is 18.6. The van der Waals surface area contributed by atoms with Crippen molar-refractivity contribution in [3.8, 4) is 17.0 Å². The number of fused-ring (bicyclic) bond motifs is 2. The number of aromatic nitrogens is 2. The molecule has 67 heavy (non-hydrogen) atoms. The number of ether oxygens (including phenoxy) is 1. The van der Waals surface area contributed by atoms with Crippen LogP contribution in [0.25, 0.3) is 11.3 Å². The van der Waals surface area contributed by atoms with Crippen molar-refractivity contribution in [2.45, 2.75) is 44.9 Å². The number of aryl methyl sites for hydroxylation is 2. The van der Waals surface area contributed by atoms with Crippen LogP contribution in [0, 0.1) is 11.7 Å². The highest BCUT2D eigenvalue weighted by molar-refractivity contribution is 6.06. The van der Waals surface area contributed by atoms with Crippen LogP contribution in [0.3, 0.4) is 0 Å². The Morgan fingerprint density at radius 2 is 1.54 bits per heavy atom. The average molecular weight is 923 g/mol. The number of piperidine rings is 1. The molecule has 19 heteroatoms. The fraction of sp³-hybridized carbons (Fsp3) is 0.354. The van der Waals surface area contributed by atoms with Gasteiger partial charge in [0.05, 0.1) is 18.2 Å². The summed E-state index contributed by atoms with van der Waals surface area (Å²) in [5, 5.41) is 12.9. The number of nitrogens with two attached hydrogens (primary N) is 1. The molecule has 4 aliphatic rings. The van der Waals surface area contributed by atoms with Gasteiger partial charge in [-0.1, -0.05) is 12.1 Å². The van der Waals surface area contributed by atoms with Crippen LogP contribution in [0.4, 0.5) is 50.9 Å². The largest absolute Gasteiger partial charge is 0.496 e. The number of benzene rings is 4. The Hall–Kier alpha value is -7.15. The Kier molecular flexibility index (Phi) is 12.5. The number of anilines is 5. The van der Waals surface area contributed by atoms with Crippen molar-refractivity contribution < 1.29 is 41.5 Å². The number of carbonyl (C=O) groups is 4. The van der Waals surface area contributed by atoms with Crippen molar-refractivity contribution in [2.24, 2.45) is 11.7 Å². The smallest absolute Gasteiger partial charge is 0.416 e. The second-order valence-corrected chi connectivity index (χ2v) is 17.3. The van der Waals surface area contributed by atoms with E-state index < -0.39 is 29.4 Å². The number of imide groups is 1. The summed E-state index contributed by atoms with van der Waals surface area (Å²) in [7, 11) is 1.23. The number of halogens is 4. The Morgan fingerprint density at radius 1 is 0.821 bits per heavy atom. The van der Waals surface area contributed by atoms with E-state index in [1.54, 1.807) is 15.6 Å². The molecule has 1 aromatic heterocycles. The zero-order chi connectivity index (χ0) is 47.0. The fourth-order valence-electron chi connectivity index (χ4n) is 9.40. The molecule has 5 N–H and O–H groups in total. The monoisotopic (exact) mass is 922 g/mol. The summed E-state index contributed by atoms with van der Waals surface area (Å²) < 4.78 is 62.3. The summed E-state index contributed by atoms with van der Waals surface area (Å²) in [6, 6.07) is 20.5. The van der Waals surface area contributed by atoms with E-state index in [0.717, 1.165) is 99.1 Å². The minimum atomic E-state index is -4.68. The van der Waals surface area contributed by atoms with E-state index in [2.05, 4.69) is 54.9 Å². The van der Waals surface area contributed by atoms with Crippen LogP contribution in [0.5, 0.6) is 5.75 Å². The van der Waals surface area contributed by atoms with Crippen molar-refractivity contribution in [1.82, 2.24) is 25.3 Å². The highest BCUT2D eigenvalue weighted by Crippen LogP contribution is 2.37. The summed E-state index contributed by atoms with van der Waals surface area (Å²) in [5.41, 5.74) is 10.0. The maximum Gasteiger partial charge on any atom is 0.416 e. The van der Waals surface area contributed by atoms with E-state index in [9.17, 15) is 32.3 Å². The van der Waals surface area contributed by atoms with E-state index in [4.69, 9.17) is 15.6 Å². The molecule has 350 valence electrons. The van der Waals surface area contributed by atoms with E-state index in [0.29, 0.717) is 43.7 Å². The molecule has 0 aliphatic carbocycles. The molecule has 9 rings (SSSR count). The Bertz CT molecular complexity index is 2710. The molecule has 0 spiro atoms. The van der Waals surface area contributed by atoms with Gasteiger partial charge in [0, 0.05) is 106 Å². The standard InChI is InChI=1S/C48H50F4N10O5/c1-67-40-11-4-33(48(50,51)52)26-37(40)46(65)54-27-32-3-2-31(25-38(32)49)43-42(44(53)64)45-55-39-10-9-36(24-30(39)14-19-62(45)57-43)60-22-20-58(21-23-60)28-29-12-16-59(17-13-29)34-5-7-35(8-6-34)61-18-15-41(63)56-47(61)66/h2-11,24-26,29,55H,12-23,27-28H2,1H3,(H2,53,64)(H,54,65)(H,56,63,66). The number of nitrogens with zero attached hydrogens (tertiary/aromatic N) is 6. The topological polar surface area (TPSA) is 170 Å². The minimum absolute atomic E-state index is 0.0548. The van der Waals surface area contributed by atoms with Crippen molar-refractivity contribution >= 4 is 52.3 Å². The number of methoxy groups -OCH3 is 1. The quantitative estimate of drug-likeness (QED) is 0.107. The van der Waals surface area contributed by atoms with E-state index in [1.165, 1.54) is 19.2 Å². The van der Waals surface area contributed by atoms with Crippen molar-refractivity contribution in [1.29, 1.82) is 0 Å². The van der Waals surface area contributed by atoms with Gasteiger partial charge in [-0.15, -0.1) is 0 Å². The number of hydrogen-bond acceptors (Lipinski definition) is 10. The van der Waals surface area contributed by atoms with Gasteiger partial charge in [-0.2, -0.15) is 18.3 Å². The molecule has 5 heterocycles. The molecule has 0 saturated carbocycles. The lowest BCUT2D eigenvalue weighted by Gasteiger charge is -2.40. The molecular formula is C48H50F4N10O5. The third-order valence-electron chi connectivity index (χ3n) is 13.1. The first-order valence-corrected chi connectivity index (χ1v) is 22.3. The van der Waals surface area contributed by atoms with Crippen LogP contribution in [-0.4, -0.2) is 97.9 Å². The number of carbonyl (C=O) groups excluding carboxylic acids is 4. The molecular weight excluding hydrogens is 873 g/mol. The lowest BCUT2D eigenvalue weighted by molar-refractivity contribution is -0.137. The number of nitrogens with one attached hydrogen (secondary N) is 3. The number of amides is 5. The maximum atomic E-state index is 15.6. The lowest BCUT2D eigenvalue weighted by atomic mass is 9.95. The Morgan fingerprint density at radius 3 is 2.22 bits per heavy atom. The average Bonchev–Trinajstić information content (AvgIpc) is 3.59. The van der Waals surface area contributed by atoms with Crippen molar-refractivity contribution in [2.75, 3.05) is 79.5 Å². The van der Waals surface area contributed by atoms with Gasteiger partial charge in [-0.25, -0.2) is 13.9 Å². The molecule has 3 fully saturated rings. The summed E-state index contributed by atoms with van der Waals surface area (Å²) >= 11 is 0. The maximum absolute atomic E-state index is 15.6. The number of urea groups is 1. The van der Waals surface area contributed by atoms with Crippen LogP contribution in [0.2, 0.25) is 0 Å². The first-order valence-electron chi connectivity index (χ1n) is 22.3. The van der Waals surface area contributed by atoms with Crippen LogP contribution in [0.1, 0.15) is 56.7 Å². The highest BCUT2D eigenvalue weighted by atomic mass is 19.4. The van der Waals surface area contributed by atoms with Crippen LogP contribution < -0.4 is 41.1 Å². The molecule has 15 nitrogen and oxygen atoms in total. The van der Waals surface area contributed by atoms with Gasteiger partial charge in [-0.05, 0) is 97.5 Å². The predicted molar refractivity (Wildman–Crippen MR) is 244 cm³/mol. The highest BCUT2D eigenvalue weighted by Gasteiger charge is 2.33. The number of piperazine rings is 1. The third kappa shape index (κ3) is 9.59. The summed E-state index contributed by atoms with van der Waals surface area (Å²) in [6.07, 6.45) is -1.58. The zero-order valence-corrected chi connectivity index (χ0v) is 36.8. The van der Waals surface area contributed by atoms with Crippen LogP contribution in [-0.2, 0) is 30.5 Å². The van der Waals surface area contributed by atoms with Gasteiger partial charge in [-0.3, -0.25) is 29.5 Å². The van der Waals surface area contributed by atoms with E-state index in [1.807, 2.05) is 18.2 Å². The first-order chi connectivity index (χ1) is 32.2. The SMILES string of the molecule is COc1ccc(C(F)(F)F)cc1C(=O)NCc1ccc(-c2nn3c(c2C(N)=O)Nc2ccc(N4CCN(CC5CCN(c6ccc(N7CCC(=O)NC7=O)cc6)CC5)CC4)cc2CC3)cc1F. The molecule has 0 bridgehead atoms. The molecule has 0 atom stereocenters. The molecule has 4 aromatic carbocycles. The first kappa shape index (κ1) is 45.0. The van der Waals surface area contributed by atoms with E-state index in [-0.39, 0.29) is 52.2 Å². The molecule has 4 aliphatic heterocycles. The third-order valence-corrected chi connectivity index (χ3v) is 13.1. The number of rotatable bonds is 11. The van der Waals surface area contributed by atoms with Gasteiger partial charge in [0.25, 0.3) is 11.8 Å². The van der Waals surface area contributed by atoms with E-state index >= 15 is 4.39 Å². The van der Waals surface area contributed by atoms with Crippen molar-refractivity contribution in [3.63, 3.8) is 0 Å². The summed E-state index contributed by atoms with van der Waals surface area (Å²) in [5.74, 6) is -1.67. The molecule has 5 amide bonds. The van der Waals surface area contributed by atoms with Gasteiger partial charge in [0.2, 0.25) is 5.91 Å². The van der Waals surface area contributed by atoms with Gasteiger partial charge in [0.1, 0.15) is 28.6 Å². The normalized spacial score (nSPS) is 17.0. The van der Waals surface area contributed by atoms with Crippen LogP contribution in [0.15, 0.2) is 78.9 Å².